The summed E-state index contributed by atoms with van der Waals surface area (Å²) in [7, 11) is 0. The van der Waals surface area contributed by atoms with Gasteiger partial charge in [0.1, 0.15) is 12.0 Å². The highest BCUT2D eigenvalue weighted by atomic mass is 16.5. The van der Waals surface area contributed by atoms with Crippen LogP contribution in [0.3, 0.4) is 0 Å². The summed E-state index contributed by atoms with van der Waals surface area (Å²) in [6.07, 6.45) is -0.151. The second kappa shape index (κ2) is 6.06. The van der Waals surface area contributed by atoms with Crippen molar-refractivity contribution >= 4 is 16.7 Å². The van der Waals surface area contributed by atoms with Crippen LogP contribution in [0, 0.1) is 0 Å². The third-order valence-electron chi connectivity index (χ3n) is 4.91. The molecule has 3 aromatic carbocycles. The molecule has 1 atom stereocenters. The molecule has 0 bridgehead atoms. The van der Waals surface area contributed by atoms with Crippen LogP contribution in [0.15, 0.2) is 66.7 Å². The molecule has 134 valence electrons. The standard InChI is InChI=1S/C22H19N3O2/c1-2-27-20-13-14(11-12-19(20)26)21-23-16-8-4-3-7-15(16)22-24-17-9-5-6-10-18(17)25(21)22/h3-13,21,23,26H,2H2,1H3. The average Bonchev–Trinajstić information content (AvgIpc) is 3.09. The lowest BCUT2D eigenvalue weighted by molar-refractivity contribution is 0.317. The van der Waals surface area contributed by atoms with E-state index in [9.17, 15) is 5.11 Å². The molecule has 1 unspecified atom stereocenters. The smallest absolute Gasteiger partial charge is 0.161 e. The Bertz CT molecular complexity index is 1150. The molecule has 5 nitrogen and oxygen atoms in total. The SMILES string of the molecule is CCOc1cc(C2Nc3ccccc3-c3nc4ccccc4n32)ccc1O. The fourth-order valence-corrected chi connectivity index (χ4v) is 3.72. The number of imidazole rings is 1. The van der Waals surface area contributed by atoms with Crippen LogP contribution >= 0.6 is 0 Å². The van der Waals surface area contributed by atoms with Gasteiger partial charge >= 0.3 is 0 Å². The van der Waals surface area contributed by atoms with E-state index in [1.165, 1.54) is 0 Å². The van der Waals surface area contributed by atoms with E-state index < -0.39 is 0 Å². The fraction of sp³-hybridized carbons (Fsp3) is 0.136. The summed E-state index contributed by atoms with van der Waals surface area (Å²) in [6.45, 7) is 2.40. The zero-order valence-electron chi connectivity index (χ0n) is 14.9. The number of anilines is 1. The number of para-hydroxylation sites is 3. The third-order valence-corrected chi connectivity index (χ3v) is 4.91. The maximum absolute atomic E-state index is 10.1. The van der Waals surface area contributed by atoms with Gasteiger partial charge in [-0.1, -0.05) is 30.3 Å². The number of phenols is 1. The molecule has 0 amide bonds. The van der Waals surface area contributed by atoms with Crippen molar-refractivity contribution in [2.75, 3.05) is 11.9 Å². The average molecular weight is 357 g/mol. The number of hydrogen-bond acceptors (Lipinski definition) is 4. The second-order valence-corrected chi connectivity index (χ2v) is 6.55. The molecule has 1 aliphatic heterocycles. The molecule has 4 aromatic rings. The van der Waals surface area contributed by atoms with Gasteiger partial charge in [-0.2, -0.15) is 0 Å². The monoisotopic (exact) mass is 357 g/mol. The Labute approximate surface area is 156 Å². The predicted octanol–water partition coefficient (Wildman–Crippen LogP) is 4.78. The molecule has 27 heavy (non-hydrogen) atoms. The van der Waals surface area contributed by atoms with Crippen LogP contribution in [-0.4, -0.2) is 21.3 Å². The van der Waals surface area contributed by atoms with Gasteiger partial charge in [0.05, 0.1) is 17.6 Å². The molecule has 0 saturated heterocycles. The van der Waals surface area contributed by atoms with Gasteiger partial charge in [-0.05, 0) is 48.9 Å². The number of rotatable bonds is 3. The quantitative estimate of drug-likeness (QED) is 0.554. The summed E-state index contributed by atoms with van der Waals surface area (Å²) in [5.41, 5.74) is 5.13. The largest absolute Gasteiger partial charge is 0.504 e. The van der Waals surface area contributed by atoms with Crippen LogP contribution < -0.4 is 10.1 Å². The summed E-state index contributed by atoms with van der Waals surface area (Å²) in [5.74, 6) is 1.57. The molecule has 1 aromatic heterocycles. The van der Waals surface area contributed by atoms with Crippen molar-refractivity contribution in [3.05, 3.63) is 72.3 Å². The lowest BCUT2D eigenvalue weighted by Gasteiger charge is -2.30. The topological polar surface area (TPSA) is 59.3 Å². The highest BCUT2D eigenvalue weighted by molar-refractivity contribution is 5.86. The lowest BCUT2D eigenvalue weighted by Crippen LogP contribution is -2.24. The Balaban J connectivity index is 1.75. The van der Waals surface area contributed by atoms with Gasteiger partial charge in [0.25, 0.3) is 0 Å². The van der Waals surface area contributed by atoms with E-state index in [1.54, 1.807) is 6.07 Å². The molecule has 0 radical (unpaired) electrons. The summed E-state index contributed by atoms with van der Waals surface area (Å²) < 4.78 is 7.80. The number of aromatic hydroxyl groups is 1. The molecule has 0 saturated carbocycles. The number of aromatic nitrogens is 2. The highest BCUT2D eigenvalue weighted by Crippen LogP contribution is 2.41. The highest BCUT2D eigenvalue weighted by Gasteiger charge is 2.28. The van der Waals surface area contributed by atoms with Gasteiger partial charge in [0.15, 0.2) is 11.5 Å². The van der Waals surface area contributed by atoms with Crippen LogP contribution in [-0.2, 0) is 0 Å². The van der Waals surface area contributed by atoms with Crippen molar-refractivity contribution in [3.63, 3.8) is 0 Å². The maximum atomic E-state index is 10.1. The molecular formula is C22H19N3O2. The van der Waals surface area contributed by atoms with Gasteiger partial charge in [-0.15, -0.1) is 0 Å². The molecule has 5 rings (SSSR count). The van der Waals surface area contributed by atoms with Crippen molar-refractivity contribution in [3.8, 4) is 22.9 Å². The Morgan fingerprint density at radius 2 is 1.89 bits per heavy atom. The van der Waals surface area contributed by atoms with Crippen molar-refractivity contribution < 1.29 is 9.84 Å². The minimum absolute atomic E-state index is 0.146. The minimum Gasteiger partial charge on any atom is -0.504 e. The van der Waals surface area contributed by atoms with Gasteiger partial charge in [-0.3, -0.25) is 4.57 Å². The maximum Gasteiger partial charge on any atom is 0.161 e. The van der Waals surface area contributed by atoms with E-state index in [0.29, 0.717) is 12.4 Å². The normalized spacial score (nSPS) is 15.1. The van der Waals surface area contributed by atoms with E-state index in [-0.39, 0.29) is 11.9 Å². The molecule has 2 N–H and O–H groups in total. The van der Waals surface area contributed by atoms with Gasteiger partial charge < -0.3 is 15.2 Å². The lowest BCUT2D eigenvalue weighted by atomic mass is 10.1. The zero-order valence-corrected chi connectivity index (χ0v) is 14.9. The first-order chi connectivity index (χ1) is 13.3. The Kier molecular flexibility index (Phi) is 3.53. The van der Waals surface area contributed by atoms with Crippen LogP contribution in [0.1, 0.15) is 18.7 Å². The van der Waals surface area contributed by atoms with Crippen molar-refractivity contribution in [2.24, 2.45) is 0 Å². The number of ether oxygens (including phenoxy) is 1. The van der Waals surface area contributed by atoms with Crippen LogP contribution in [0.25, 0.3) is 22.4 Å². The first-order valence-corrected chi connectivity index (χ1v) is 9.05. The Morgan fingerprint density at radius 3 is 2.78 bits per heavy atom. The fourth-order valence-electron chi connectivity index (χ4n) is 3.72. The second-order valence-electron chi connectivity index (χ2n) is 6.55. The number of benzene rings is 3. The molecular weight excluding hydrogens is 338 g/mol. The summed E-state index contributed by atoms with van der Waals surface area (Å²) in [4.78, 5) is 4.89. The molecule has 1 aliphatic rings. The van der Waals surface area contributed by atoms with Gasteiger partial charge in [0, 0.05) is 11.3 Å². The van der Waals surface area contributed by atoms with Crippen molar-refractivity contribution in [1.82, 2.24) is 9.55 Å². The Hall–Kier alpha value is -3.47. The minimum atomic E-state index is -0.151. The van der Waals surface area contributed by atoms with E-state index in [4.69, 9.17) is 9.72 Å². The summed E-state index contributed by atoms with van der Waals surface area (Å²) >= 11 is 0. The molecule has 0 fully saturated rings. The zero-order chi connectivity index (χ0) is 18.4. The van der Waals surface area contributed by atoms with Crippen LogP contribution in [0.4, 0.5) is 5.69 Å². The van der Waals surface area contributed by atoms with Crippen molar-refractivity contribution in [2.45, 2.75) is 13.1 Å². The molecule has 2 heterocycles. The van der Waals surface area contributed by atoms with E-state index in [1.807, 2.05) is 49.4 Å². The Morgan fingerprint density at radius 1 is 1.07 bits per heavy atom. The van der Waals surface area contributed by atoms with Gasteiger partial charge in [0.2, 0.25) is 0 Å². The number of fused-ring (bicyclic) bond motifs is 5. The summed E-state index contributed by atoms with van der Waals surface area (Å²) in [6, 6.07) is 21.8. The van der Waals surface area contributed by atoms with Crippen LogP contribution in [0.2, 0.25) is 0 Å². The molecule has 0 spiro atoms. The van der Waals surface area contributed by atoms with E-state index >= 15 is 0 Å². The summed E-state index contributed by atoms with van der Waals surface area (Å²) in [5, 5.41) is 13.7. The predicted molar refractivity (Wildman–Crippen MR) is 106 cm³/mol. The van der Waals surface area contributed by atoms with E-state index in [2.05, 4.69) is 28.1 Å². The van der Waals surface area contributed by atoms with Crippen LogP contribution in [0.5, 0.6) is 11.5 Å². The number of nitrogens with one attached hydrogen (secondary N) is 1. The first kappa shape index (κ1) is 15.8. The van der Waals surface area contributed by atoms with Crippen molar-refractivity contribution in [1.29, 1.82) is 0 Å². The van der Waals surface area contributed by atoms with Gasteiger partial charge in [-0.25, -0.2) is 4.98 Å². The number of hydrogen-bond donors (Lipinski definition) is 2. The molecule has 0 aliphatic carbocycles. The first-order valence-electron chi connectivity index (χ1n) is 9.05. The van der Waals surface area contributed by atoms with E-state index in [0.717, 1.165) is 33.7 Å². The molecule has 5 heteroatoms. The number of nitrogens with zero attached hydrogens (tertiary/aromatic N) is 2. The third kappa shape index (κ3) is 2.43. The number of phenolic OH excluding ortho intramolecular Hbond substituents is 1.